The molecule has 1 saturated heterocycles. The lowest BCUT2D eigenvalue weighted by Crippen LogP contribution is -2.27. The topological polar surface area (TPSA) is 84.1 Å². The second-order valence-electron chi connectivity index (χ2n) is 7.18. The molecule has 26 heavy (non-hydrogen) atoms. The molecule has 0 aromatic carbocycles. The highest BCUT2D eigenvalue weighted by atomic mass is 32.1. The highest BCUT2D eigenvalue weighted by Crippen LogP contribution is 2.33. The van der Waals surface area contributed by atoms with Crippen molar-refractivity contribution in [3.05, 3.63) is 26.6 Å². The molecule has 140 valence electrons. The Kier molecular flexibility index (Phi) is 5.36. The zero-order valence-electron chi connectivity index (χ0n) is 14.9. The predicted molar refractivity (Wildman–Crippen MR) is 102 cm³/mol. The Bertz CT molecular complexity index is 852. The third kappa shape index (κ3) is 3.83. The zero-order valence-corrected chi connectivity index (χ0v) is 15.8. The molecule has 4 rings (SSSR count). The van der Waals surface area contributed by atoms with Crippen LogP contribution in [0, 0.1) is 0 Å². The van der Waals surface area contributed by atoms with Gasteiger partial charge in [-0.15, -0.1) is 11.3 Å². The number of carbonyl (C=O) groups excluding carboxylic acids is 1. The number of aryl methyl sites for hydroxylation is 3. The summed E-state index contributed by atoms with van der Waals surface area (Å²) in [5.74, 6) is 0.603. The molecular formula is C19H25N3O3S. The molecule has 2 aliphatic rings. The van der Waals surface area contributed by atoms with E-state index in [-0.39, 0.29) is 11.5 Å². The summed E-state index contributed by atoms with van der Waals surface area (Å²) in [5.41, 5.74) is 1.15. The van der Waals surface area contributed by atoms with Crippen molar-refractivity contribution >= 4 is 27.5 Å². The van der Waals surface area contributed by atoms with Crippen LogP contribution in [0.3, 0.4) is 0 Å². The molecule has 0 radical (unpaired) electrons. The number of rotatable bonds is 6. The van der Waals surface area contributed by atoms with E-state index in [4.69, 9.17) is 4.74 Å². The number of hydrogen-bond donors (Lipinski definition) is 2. The molecule has 1 aliphatic carbocycles. The highest BCUT2D eigenvalue weighted by molar-refractivity contribution is 7.18. The van der Waals surface area contributed by atoms with Crippen molar-refractivity contribution in [2.45, 2.75) is 63.9 Å². The molecule has 6 nitrogen and oxygen atoms in total. The largest absolute Gasteiger partial charge is 0.378 e. The van der Waals surface area contributed by atoms with Crippen LogP contribution in [0.1, 0.15) is 54.8 Å². The van der Waals surface area contributed by atoms with Gasteiger partial charge in [0.15, 0.2) is 0 Å². The van der Waals surface area contributed by atoms with Crippen LogP contribution in [-0.4, -0.2) is 35.1 Å². The fourth-order valence-corrected chi connectivity index (χ4v) is 5.17. The van der Waals surface area contributed by atoms with Crippen LogP contribution in [-0.2, 0) is 28.8 Å². The van der Waals surface area contributed by atoms with Gasteiger partial charge < -0.3 is 15.0 Å². The third-order valence-electron chi connectivity index (χ3n) is 5.28. The van der Waals surface area contributed by atoms with E-state index < -0.39 is 0 Å². The van der Waals surface area contributed by atoms with Crippen molar-refractivity contribution in [2.24, 2.45) is 0 Å². The van der Waals surface area contributed by atoms with E-state index in [0.717, 1.165) is 55.3 Å². The van der Waals surface area contributed by atoms with Gasteiger partial charge in [-0.1, -0.05) is 0 Å². The number of aromatic amines is 1. The van der Waals surface area contributed by atoms with E-state index >= 15 is 0 Å². The maximum Gasteiger partial charge on any atom is 0.259 e. The lowest BCUT2D eigenvalue weighted by atomic mass is 9.97. The van der Waals surface area contributed by atoms with Crippen molar-refractivity contribution in [3.8, 4) is 0 Å². The predicted octanol–water partition coefficient (Wildman–Crippen LogP) is 2.48. The van der Waals surface area contributed by atoms with Crippen LogP contribution in [0.25, 0.3) is 10.2 Å². The number of nitrogens with one attached hydrogen (secondary N) is 2. The van der Waals surface area contributed by atoms with E-state index in [1.807, 2.05) is 0 Å². The van der Waals surface area contributed by atoms with Gasteiger partial charge in [0.25, 0.3) is 5.56 Å². The first-order valence-corrected chi connectivity index (χ1v) is 10.4. The molecular weight excluding hydrogens is 350 g/mol. The molecule has 1 amide bonds. The highest BCUT2D eigenvalue weighted by Gasteiger charge is 2.20. The van der Waals surface area contributed by atoms with Gasteiger partial charge >= 0.3 is 0 Å². The Morgan fingerprint density at radius 1 is 1.31 bits per heavy atom. The molecule has 1 atom stereocenters. The standard InChI is InChI=1S/C19H25N3O3S/c23-16(20-10-9-12-4-3-11-25-12)8-7-15-21-18(24)17-13-5-1-2-6-14(13)26-19(17)22-15/h12H,1-11H2,(H,20,23)(H,21,22,24). The monoisotopic (exact) mass is 375 g/mol. The smallest absolute Gasteiger partial charge is 0.259 e. The van der Waals surface area contributed by atoms with Gasteiger partial charge in [-0.25, -0.2) is 4.98 Å². The second-order valence-corrected chi connectivity index (χ2v) is 8.26. The lowest BCUT2D eigenvalue weighted by Gasteiger charge is -2.10. The number of ether oxygens (including phenoxy) is 1. The Balaban J connectivity index is 1.35. The number of amides is 1. The van der Waals surface area contributed by atoms with Gasteiger partial charge in [-0.2, -0.15) is 0 Å². The first kappa shape index (κ1) is 17.7. The maximum atomic E-state index is 12.5. The van der Waals surface area contributed by atoms with E-state index in [0.29, 0.717) is 31.3 Å². The normalized spacial score (nSPS) is 19.6. The summed E-state index contributed by atoms with van der Waals surface area (Å²) in [5, 5.41) is 3.71. The molecule has 1 aliphatic heterocycles. The van der Waals surface area contributed by atoms with Crippen molar-refractivity contribution in [2.75, 3.05) is 13.2 Å². The van der Waals surface area contributed by atoms with Crippen LogP contribution < -0.4 is 10.9 Å². The van der Waals surface area contributed by atoms with Gasteiger partial charge in [0.05, 0.1) is 11.5 Å². The van der Waals surface area contributed by atoms with E-state index in [2.05, 4.69) is 15.3 Å². The quantitative estimate of drug-likeness (QED) is 0.812. The average Bonchev–Trinajstić information content (AvgIpc) is 3.27. The molecule has 1 fully saturated rings. The number of thiophene rings is 1. The van der Waals surface area contributed by atoms with Gasteiger partial charge in [-0.05, 0) is 50.5 Å². The fraction of sp³-hybridized carbons (Fsp3) is 0.632. The molecule has 0 saturated carbocycles. The number of aromatic nitrogens is 2. The Labute approximate surface area is 156 Å². The summed E-state index contributed by atoms with van der Waals surface area (Å²) in [6.07, 6.45) is 8.53. The minimum atomic E-state index is -0.0526. The number of carbonyl (C=O) groups is 1. The van der Waals surface area contributed by atoms with Crippen molar-refractivity contribution in [3.63, 3.8) is 0 Å². The molecule has 3 heterocycles. The van der Waals surface area contributed by atoms with Gasteiger partial charge in [-0.3, -0.25) is 9.59 Å². The fourth-order valence-electron chi connectivity index (χ4n) is 3.89. The summed E-state index contributed by atoms with van der Waals surface area (Å²) in [4.78, 5) is 34.2. The van der Waals surface area contributed by atoms with Gasteiger partial charge in [0, 0.05) is 30.9 Å². The summed E-state index contributed by atoms with van der Waals surface area (Å²) in [6.45, 7) is 1.48. The molecule has 0 bridgehead atoms. The van der Waals surface area contributed by atoms with Gasteiger partial charge in [0.1, 0.15) is 10.7 Å². The molecule has 2 aromatic rings. The molecule has 2 N–H and O–H groups in total. The van der Waals surface area contributed by atoms with Crippen molar-refractivity contribution < 1.29 is 9.53 Å². The Morgan fingerprint density at radius 3 is 3.04 bits per heavy atom. The number of fused-ring (bicyclic) bond motifs is 3. The number of hydrogen-bond acceptors (Lipinski definition) is 5. The second kappa shape index (κ2) is 7.88. The SMILES string of the molecule is O=C(CCc1nc2sc3c(c2c(=O)[nH]1)CCCC3)NCCC1CCCO1. The van der Waals surface area contributed by atoms with E-state index in [1.54, 1.807) is 11.3 Å². The Hall–Kier alpha value is -1.73. The number of H-pyrrole nitrogens is 1. The van der Waals surface area contributed by atoms with Crippen LogP contribution in [0.2, 0.25) is 0 Å². The Morgan fingerprint density at radius 2 is 2.19 bits per heavy atom. The lowest BCUT2D eigenvalue weighted by molar-refractivity contribution is -0.121. The number of nitrogens with zero attached hydrogens (tertiary/aromatic N) is 1. The molecule has 1 unspecified atom stereocenters. The van der Waals surface area contributed by atoms with E-state index in [1.165, 1.54) is 16.9 Å². The first-order valence-electron chi connectivity index (χ1n) is 9.62. The van der Waals surface area contributed by atoms with Crippen LogP contribution >= 0.6 is 11.3 Å². The minimum Gasteiger partial charge on any atom is -0.378 e. The van der Waals surface area contributed by atoms with Crippen LogP contribution in [0.5, 0.6) is 0 Å². The van der Waals surface area contributed by atoms with Gasteiger partial charge in [0.2, 0.25) is 5.91 Å². The van der Waals surface area contributed by atoms with E-state index in [9.17, 15) is 9.59 Å². The zero-order chi connectivity index (χ0) is 17.9. The summed E-state index contributed by atoms with van der Waals surface area (Å²) < 4.78 is 5.55. The molecule has 0 spiro atoms. The average molecular weight is 375 g/mol. The van der Waals surface area contributed by atoms with Crippen LogP contribution in [0.4, 0.5) is 0 Å². The maximum absolute atomic E-state index is 12.5. The summed E-state index contributed by atoms with van der Waals surface area (Å²) in [6, 6.07) is 0. The molecule has 2 aromatic heterocycles. The van der Waals surface area contributed by atoms with Crippen molar-refractivity contribution in [1.29, 1.82) is 0 Å². The van der Waals surface area contributed by atoms with Crippen molar-refractivity contribution in [1.82, 2.24) is 15.3 Å². The summed E-state index contributed by atoms with van der Waals surface area (Å²) in [7, 11) is 0. The summed E-state index contributed by atoms with van der Waals surface area (Å²) >= 11 is 1.64. The first-order chi connectivity index (χ1) is 12.7. The third-order valence-corrected chi connectivity index (χ3v) is 6.46. The van der Waals surface area contributed by atoms with Crippen LogP contribution in [0.15, 0.2) is 4.79 Å². The minimum absolute atomic E-state index is 0.00350. The molecule has 7 heteroatoms.